The molecule has 0 saturated heterocycles. The van der Waals surface area contributed by atoms with Gasteiger partial charge < -0.3 is 15.6 Å². The molecule has 0 aliphatic heterocycles. The number of nitrogen functional groups attached to an aromatic ring is 1. The summed E-state index contributed by atoms with van der Waals surface area (Å²) in [5, 5.41) is 9.87. The normalized spacial score (nSPS) is 10.5. The Bertz CT molecular complexity index is 497. The van der Waals surface area contributed by atoms with E-state index in [1.54, 1.807) is 13.3 Å². The average molecular weight is 204 g/mol. The van der Waals surface area contributed by atoms with Crippen molar-refractivity contribution in [2.24, 2.45) is 0 Å². The number of ether oxygens (including phenoxy) is 1. The molecule has 0 saturated carbocycles. The van der Waals surface area contributed by atoms with Crippen LogP contribution in [0.3, 0.4) is 0 Å². The molecule has 0 spiro atoms. The van der Waals surface area contributed by atoms with Crippen molar-refractivity contribution in [3.8, 4) is 5.75 Å². The summed E-state index contributed by atoms with van der Waals surface area (Å²) in [5.41, 5.74) is 7.87. The van der Waals surface area contributed by atoms with Gasteiger partial charge in [-0.05, 0) is 12.1 Å². The van der Waals surface area contributed by atoms with E-state index >= 15 is 0 Å². The van der Waals surface area contributed by atoms with Crippen LogP contribution in [-0.2, 0) is 6.61 Å². The number of pyridine rings is 1. The van der Waals surface area contributed by atoms with Crippen molar-refractivity contribution in [3.05, 3.63) is 30.0 Å². The molecule has 0 bridgehead atoms. The number of nitrogens with zero attached hydrogens (tertiary/aromatic N) is 1. The molecule has 0 amide bonds. The molecular formula is C11H12N2O2. The van der Waals surface area contributed by atoms with E-state index in [1.807, 2.05) is 18.2 Å². The Morgan fingerprint density at radius 3 is 2.93 bits per heavy atom. The minimum Gasteiger partial charge on any atom is -0.497 e. The zero-order valence-electron chi connectivity index (χ0n) is 8.40. The number of hydrogen-bond acceptors (Lipinski definition) is 4. The lowest BCUT2D eigenvalue weighted by Gasteiger charge is -2.07. The van der Waals surface area contributed by atoms with Gasteiger partial charge in [0, 0.05) is 28.9 Å². The Hall–Kier alpha value is -1.81. The number of methoxy groups -OCH3 is 1. The Labute approximate surface area is 87.3 Å². The third-order valence-corrected chi connectivity index (χ3v) is 2.37. The van der Waals surface area contributed by atoms with Crippen LogP contribution in [0.5, 0.6) is 5.75 Å². The number of hydrogen-bond donors (Lipinski definition) is 2. The first kappa shape index (κ1) is 9.73. The number of fused-ring (bicyclic) bond motifs is 1. The molecule has 2 rings (SSSR count). The molecule has 1 aromatic carbocycles. The van der Waals surface area contributed by atoms with E-state index in [4.69, 9.17) is 15.6 Å². The topological polar surface area (TPSA) is 68.4 Å². The van der Waals surface area contributed by atoms with Crippen LogP contribution < -0.4 is 10.5 Å². The van der Waals surface area contributed by atoms with Crippen molar-refractivity contribution >= 4 is 16.6 Å². The van der Waals surface area contributed by atoms with Crippen molar-refractivity contribution < 1.29 is 9.84 Å². The summed E-state index contributed by atoms with van der Waals surface area (Å²) in [6, 6.07) is 5.48. The van der Waals surface area contributed by atoms with E-state index < -0.39 is 0 Å². The first-order chi connectivity index (χ1) is 7.26. The van der Waals surface area contributed by atoms with Crippen molar-refractivity contribution in [2.75, 3.05) is 12.8 Å². The van der Waals surface area contributed by atoms with Gasteiger partial charge in [-0.25, -0.2) is 0 Å². The first-order valence-electron chi connectivity index (χ1n) is 4.58. The number of aliphatic hydroxyl groups is 1. The maximum atomic E-state index is 9.03. The van der Waals surface area contributed by atoms with Gasteiger partial charge in [0.2, 0.25) is 0 Å². The molecular weight excluding hydrogens is 192 g/mol. The number of aromatic nitrogens is 1. The van der Waals surface area contributed by atoms with Gasteiger partial charge in [0.1, 0.15) is 5.75 Å². The predicted molar refractivity (Wildman–Crippen MR) is 58.6 cm³/mol. The molecule has 0 aliphatic rings. The second-order valence-corrected chi connectivity index (χ2v) is 3.24. The fourth-order valence-corrected chi connectivity index (χ4v) is 1.49. The van der Waals surface area contributed by atoms with Crippen LogP contribution in [-0.4, -0.2) is 17.2 Å². The van der Waals surface area contributed by atoms with Crippen LogP contribution in [0, 0.1) is 0 Å². The number of benzene rings is 1. The fourth-order valence-electron chi connectivity index (χ4n) is 1.49. The van der Waals surface area contributed by atoms with E-state index in [1.165, 1.54) is 0 Å². The van der Waals surface area contributed by atoms with Gasteiger partial charge in [0.15, 0.2) is 0 Å². The highest BCUT2D eigenvalue weighted by molar-refractivity contribution is 5.92. The maximum absolute atomic E-state index is 9.03. The molecule has 0 atom stereocenters. The average Bonchev–Trinajstić information content (AvgIpc) is 2.29. The minimum absolute atomic E-state index is 0.0964. The monoisotopic (exact) mass is 204 g/mol. The SMILES string of the molecule is COc1ccc2c(N)c(CO)cnc2c1. The molecule has 4 nitrogen and oxygen atoms in total. The van der Waals surface area contributed by atoms with Crippen LogP contribution in [0.4, 0.5) is 5.69 Å². The summed E-state index contributed by atoms with van der Waals surface area (Å²) in [5.74, 6) is 0.742. The van der Waals surface area contributed by atoms with E-state index in [9.17, 15) is 0 Å². The number of aliphatic hydroxyl groups excluding tert-OH is 1. The van der Waals surface area contributed by atoms with Gasteiger partial charge in [-0.3, -0.25) is 4.98 Å². The molecule has 78 valence electrons. The Morgan fingerprint density at radius 2 is 2.27 bits per heavy atom. The summed E-state index contributed by atoms with van der Waals surface area (Å²) in [6.07, 6.45) is 1.58. The highest BCUT2D eigenvalue weighted by atomic mass is 16.5. The lowest BCUT2D eigenvalue weighted by atomic mass is 10.1. The largest absolute Gasteiger partial charge is 0.497 e. The number of rotatable bonds is 2. The maximum Gasteiger partial charge on any atom is 0.121 e. The molecule has 0 unspecified atom stereocenters. The van der Waals surface area contributed by atoms with Gasteiger partial charge in [-0.1, -0.05) is 0 Å². The van der Waals surface area contributed by atoms with Crippen LogP contribution in [0.1, 0.15) is 5.56 Å². The van der Waals surface area contributed by atoms with Crippen LogP contribution in [0.25, 0.3) is 10.9 Å². The third kappa shape index (κ3) is 1.59. The van der Waals surface area contributed by atoms with Gasteiger partial charge in [-0.2, -0.15) is 0 Å². The highest BCUT2D eigenvalue weighted by Gasteiger charge is 2.05. The van der Waals surface area contributed by atoms with Gasteiger partial charge in [-0.15, -0.1) is 0 Å². The second-order valence-electron chi connectivity index (χ2n) is 3.24. The third-order valence-electron chi connectivity index (χ3n) is 2.37. The molecule has 4 heteroatoms. The van der Waals surface area contributed by atoms with E-state index in [2.05, 4.69) is 4.98 Å². The molecule has 0 fully saturated rings. The Morgan fingerprint density at radius 1 is 1.47 bits per heavy atom. The van der Waals surface area contributed by atoms with E-state index in [0.29, 0.717) is 11.3 Å². The molecule has 1 heterocycles. The van der Waals surface area contributed by atoms with Crippen molar-refractivity contribution in [1.29, 1.82) is 0 Å². The number of anilines is 1. The quantitative estimate of drug-likeness (QED) is 0.774. The first-order valence-corrected chi connectivity index (χ1v) is 4.58. The number of nitrogens with two attached hydrogens (primary N) is 1. The fraction of sp³-hybridized carbons (Fsp3) is 0.182. The zero-order chi connectivity index (χ0) is 10.8. The van der Waals surface area contributed by atoms with Crippen LogP contribution in [0.2, 0.25) is 0 Å². The van der Waals surface area contributed by atoms with Crippen molar-refractivity contribution in [3.63, 3.8) is 0 Å². The predicted octanol–water partition coefficient (Wildman–Crippen LogP) is 1.32. The summed E-state index contributed by atoms with van der Waals surface area (Å²) in [6.45, 7) is -0.0964. The van der Waals surface area contributed by atoms with E-state index in [0.717, 1.165) is 16.7 Å². The highest BCUT2D eigenvalue weighted by Crippen LogP contribution is 2.26. The van der Waals surface area contributed by atoms with Gasteiger partial charge in [0.25, 0.3) is 0 Å². The van der Waals surface area contributed by atoms with Gasteiger partial charge in [0.05, 0.1) is 19.2 Å². The van der Waals surface area contributed by atoms with Crippen LogP contribution >= 0.6 is 0 Å². The molecule has 0 aliphatic carbocycles. The van der Waals surface area contributed by atoms with Crippen LogP contribution in [0.15, 0.2) is 24.4 Å². The second kappa shape index (κ2) is 3.74. The molecule has 0 radical (unpaired) electrons. The summed E-state index contributed by atoms with van der Waals surface area (Å²) < 4.78 is 5.09. The summed E-state index contributed by atoms with van der Waals surface area (Å²) in [7, 11) is 1.60. The van der Waals surface area contributed by atoms with E-state index in [-0.39, 0.29) is 6.61 Å². The zero-order valence-corrected chi connectivity index (χ0v) is 8.40. The lowest BCUT2D eigenvalue weighted by molar-refractivity contribution is 0.282. The molecule has 15 heavy (non-hydrogen) atoms. The smallest absolute Gasteiger partial charge is 0.121 e. The van der Waals surface area contributed by atoms with Crippen molar-refractivity contribution in [1.82, 2.24) is 4.98 Å². The summed E-state index contributed by atoms with van der Waals surface area (Å²) in [4.78, 5) is 4.20. The van der Waals surface area contributed by atoms with Crippen molar-refractivity contribution in [2.45, 2.75) is 6.61 Å². The standard InChI is InChI=1S/C11H12N2O2/c1-15-8-2-3-9-10(4-8)13-5-7(6-14)11(9)12/h2-5,14H,6H2,1H3,(H2,12,13). The van der Waals surface area contributed by atoms with Gasteiger partial charge >= 0.3 is 0 Å². The minimum atomic E-state index is -0.0964. The molecule has 3 N–H and O–H groups in total. The molecule has 1 aromatic heterocycles. The summed E-state index contributed by atoms with van der Waals surface area (Å²) >= 11 is 0. The Kier molecular flexibility index (Phi) is 2.43. The Balaban J connectivity index is 2.68. The molecule has 2 aromatic rings. The lowest BCUT2D eigenvalue weighted by Crippen LogP contribution is -1.97.